The number of amides is 1. The number of nitrogens with one attached hydrogen (secondary N) is 1. The van der Waals surface area contributed by atoms with E-state index in [1.165, 1.54) is 6.08 Å². The third-order valence-electron chi connectivity index (χ3n) is 2.83. The molecule has 0 spiro atoms. The van der Waals surface area contributed by atoms with Gasteiger partial charge in [0.1, 0.15) is 11.5 Å². The van der Waals surface area contributed by atoms with Crippen LogP contribution in [0, 0.1) is 6.92 Å². The van der Waals surface area contributed by atoms with Crippen LogP contribution >= 0.6 is 0 Å². The number of furan rings is 1. The summed E-state index contributed by atoms with van der Waals surface area (Å²) in [6.45, 7) is 3.98. The standard InChI is InChI=1S/C16H17NO2/c1-3-13-8-9-14(19-13)10-11-16(18)17-15-7-5-4-6-12(15)2/h4-11H,3H2,1-2H3,(H,17,18)/b11-10+. The van der Waals surface area contributed by atoms with Crippen LogP contribution in [0.2, 0.25) is 0 Å². The molecule has 98 valence electrons. The zero-order valence-corrected chi connectivity index (χ0v) is 11.1. The Balaban J connectivity index is 1.99. The van der Waals surface area contributed by atoms with Crippen molar-refractivity contribution in [2.75, 3.05) is 5.32 Å². The molecule has 0 aliphatic carbocycles. The third kappa shape index (κ3) is 3.58. The van der Waals surface area contributed by atoms with Gasteiger partial charge in [0, 0.05) is 18.2 Å². The molecule has 0 saturated carbocycles. The summed E-state index contributed by atoms with van der Waals surface area (Å²) in [7, 11) is 0. The van der Waals surface area contributed by atoms with Gasteiger partial charge in [-0.1, -0.05) is 25.1 Å². The van der Waals surface area contributed by atoms with Crippen molar-refractivity contribution in [1.82, 2.24) is 0 Å². The van der Waals surface area contributed by atoms with Crippen LogP contribution in [0.25, 0.3) is 6.08 Å². The highest BCUT2D eigenvalue weighted by Gasteiger charge is 2.01. The minimum absolute atomic E-state index is 0.163. The van der Waals surface area contributed by atoms with Gasteiger partial charge in [-0.2, -0.15) is 0 Å². The summed E-state index contributed by atoms with van der Waals surface area (Å²) < 4.78 is 5.49. The molecule has 3 heteroatoms. The van der Waals surface area contributed by atoms with E-state index in [0.717, 1.165) is 23.4 Å². The maximum atomic E-state index is 11.8. The molecule has 0 saturated heterocycles. The Morgan fingerprint density at radius 3 is 2.74 bits per heavy atom. The first kappa shape index (κ1) is 13.1. The first-order chi connectivity index (χ1) is 9.19. The smallest absolute Gasteiger partial charge is 0.248 e. The Hall–Kier alpha value is -2.29. The Kier molecular flexibility index (Phi) is 4.18. The van der Waals surface area contributed by atoms with E-state index in [4.69, 9.17) is 4.42 Å². The van der Waals surface area contributed by atoms with Gasteiger partial charge >= 0.3 is 0 Å². The molecule has 0 aliphatic heterocycles. The van der Waals surface area contributed by atoms with Crippen molar-refractivity contribution in [2.45, 2.75) is 20.3 Å². The summed E-state index contributed by atoms with van der Waals surface area (Å²) >= 11 is 0. The lowest BCUT2D eigenvalue weighted by molar-refractivity contribution is -0.111. The molecule has 0 atom stereocenters. The van der Waals surface area contributed by atoms with E-state index in [9.17, 15) is 4.79 Å². The van der Waals surface area contributed by atoms with E-state index < -0.39 is 0 Å². The Bertz CT molecular complexity index is 596. The molecule has 19 heavy (non-hydrogen) atoms. The fourth-order valence-electron chi connectivity index (χ4n) is 1.72. The zero-order valence-electron chi connectivity index (χ0n) is 11.1. The second-order valence-corrected chi connectivity index (χ2v) is 4.30. The Labute approximate surface area is 112 Å². The van der Waals surface area contributed by atoms with Crippen LogP contribution in [-0.4, -0.2) is 5.91 Å². The largest absolute Gasteiger partial charge is 0.462 e. The second kappa shape index (κ2) is 6.05. The topological polar surface area (TPSA) is 42.2 Å². The van der Waals surface area contributed by atoms with Crippen molar-refractivity contribution in [3.05, 3.63) is 59.6 Å². The first-order valence-electron chi connectivity index (χ1n) is 6.32. The Morgan fingerprint density at radius 1 is 1.26 bits per heavy atom. The number of hydrogen-bond donors (Lipinski definition) is 1. The summed E-state index contributed by atoms with van der Waals surface area (Å²) in [5.74, 6) is 1.44. The molecule has 0 bridgehead atoms. The number of hydrogen-bond acceptors (Lipinski definition) is 2. The van der Waals surface area contributed by atoms with E-state index >= 15 is 0 Å². The number of benzene rings is 1. The van der Waals surface area contributed by atoms with Gasteiger partial charge in [0.05, 0.1) is 0 Å². The van der Waals surface area contributed by atoms with Gasteiger partial charge in [0.25, 0.3) is 0 Å². The molecule has 2 aromatic rings. The normalized spacial score (nSPS) is 10.8. The van der Waals surface area contributed by atoms with Crippen molar-refractivity contribution >= 4 is 17.7 Å². The molecule has 0 aliphatic rings. The molecule has 1 heterocycles. The fourth-order valence-corrected chi connectivity index (χ4v) is 1.72. The predicted octanol–water partition coefficient (Wildman–Crippen LogP) is 3.80. The van der Waals surface area contributed by atoms with Gasteiger partial charge < -0.3 is 9.73 Å². The average molecular weight is 255 g/mol. The highest BCUT2D eigenvalue weighted by molar-refractivity contribution is 6.02. The quantitative estimate of drug-likeness (QED) is 0.844. The first-order valence-corrected chi connectivity index (χ1v) is 6.32. The summed E-state index contributed by atoms with van der Waals surface area (Å²) in [5.41, 5.74) is 1.86. The van der Waals surface area contributed by atoms with Gasteiger partial charge in [0.2, 0.25) is 5.91 Å². The third-order valence-corrected chi connectivity index (χ3v) is 2.83. The Morgan fingerprint density at radius 2 is 2.05 bits per heavy atom. The molecule has 1 aromatic heterocycles. The highest BCUT2D eigenvalue weighted by Crippen LogP contribution is 2.14. The van der Waals surface area contributed by atoms with Gasteiger partial charge in [-0.15, -0.1) is 0 Å². The fraction of sp³-hybridized carbons (Fsp3) is 0.188. The number of rotatable bonds is 4. The van der Waals surface area contributed by atoms with Crippen LogP contribution in [-0.2, 0) is 11.2 Å². The summed E-state index contributed by atoms with van der Waals surface area (Å²) in [5, 5.41) is 2.83. The monoisotopic (exact) mass is 255 g/mol. The zero-order chi connectivity index (χ0) is 13.7. The lowest BCUT2D eigenvalue weighted by Crippen LogP contribution is -2.08. The van der Waals surface area contributed by atoms with Crippen LogP contribution < -0.4 is 5.32 Å². The maximum Gasteiger partial charge on any atom is 0.248 e. The number of carbonyl (C=O) groups is 1. The predicted molar refractivity (Wildman–Crippen MR) is 76.9 cm³/mol. The summed E-state index contributed by atoms with van der Waals surface area (Å²) in [6.07, 6.45) is 4.00. The van der Waals surface area contributed by atoms with Crippen LogP contribution in [0.4, 0.5) is 5.69 Å². The van der Waals surface area contributed by atoms with E-state index in [2.05, 4.69) is 5.32 Å². The van der Waals surface area contributed by atoms with Crippen LogP contribution in [0.15, 0.2) is 46.9 Å². The van der Waals surface area contributed by atoms with E-state index in [1.807, 2.05) is 50.2 Å². The van der Waals surface area contributed by atoms with E-state index in [1.54, 1.807) is 6.08 Å². The van der Waals surface area contributed by atoms with Gasteiger partial charge in [-0.3, -0.25) is 4.79 Å². The van der Waals surface area contributed by atoms with Crippen molar-refractivity contribution in [2.24, 2.45) is 0 Å². The van der Waals surface area contributed by atoms with Gasteiger partial charge in [-0.05, 0) is 36.8 Å². The average Bonchev–Trinajstić information content (AvgIpc) is 2.87. The van der Waals surface area contributed by atoms with Gasteiger partial charge in [-0.25, -0.2) is 0 Å². The number of aryl methyl sites for hydroxylation is 2. The highest BCUT2D eigenvalue weighted by atomic mass is 16.3. The van der Waals surface area contributed by atoms with E-state index in [0.29, 0.717) is 5.76 Å². The molecule has 2 rings (SSSR count). The molecule has 0 unspecified atom stereocenters. The molecule has 0 radical (unpaired) electrons. The lowest BCUT2D eigenvalue weighted by atomic mass is 10.2. The van der Waals surface area contributed by atoms with Crippen LogP contribution in [0.5, 0.6) is 0 Å². The number of anilines is 1. The SMILES string of the molecule is CCc1ccc(/C=C/C(=O)Nc2ccccc2C)o1. The lowest BCUT2D eigenvalue weighted by Gasteiger charge is -2.04. The van der Waals surface area contributed by atoms with Crippen molar-refractivity contribution in [1.29, 1.82) is 0 Å². The summed E-state index contributed by atoms with van der Waals surface area (Å²) in [4.78, 5) is 11.8. The molecular formula is C16H17NO2. The van der Waals surface area contributed by atoms with Crippen molar-refractivity contribution in [3.8, 4) is 0 Å². The van der Waals surface area contributed by atoms with Gasteiger partial charge in [0.15, 0.2) is 0 Å². The van der Waals surface area contributed by atoms with Crippen molar-refractivity contribution < 1.29 is 9.21 Å². The molecule has 1 aromatic carbocycles. The van der Waals surface area contributed by atoms with E-state index in [-0.39, 0.29) is 5.91 Å². The molecule has 3 nitrogen and oxygen atoms in total. The van der Waals surface area contributed by atoms with Crippen LogP contribution in [0.1, 0.15) is 24.0 Å². The minimum Gasteiger partial charge on any atom is -0.462 e. The molecule has 1 N–H and O–H groups in total. The number of para-hydroxylation sites is 1. The molecular weight excluding hydrogens is 238 g/mol. The maximum absolute atomic E-state index is 11.8. The molecule has 0 fully saturated rings. The second-order valence-electron chi connectivity index (χ2n) is 4.30. The van der Waals surface area contributed by atoms with Crippen LogP contribution in [0.3, 0.4) is 0 Å². The summed E-state index contributed by atoms with van der Waals surface area (Å²) in [6, 6.07) is 11.4. The van der Waals surface area contributed by atoms with Crippen molar-refractivity contribution in [3.63, 3.8) is 0 Å². The molecule has 1 amide bonds. The minimum atomic E-state index is -0.163. The number of carbonyl (C=O) groups excluding carboxylic acids is 1.